The fourth-order valence-electron chi connectivity index (χ4n) is 0.927. The van der Waals surface area contributed by atoms with Crippen LogP contribution in [0.3, 0.4) is 0 Å². The molecular weight excluding hydrogens is 135 g/mol. The monoisotopic (exact) mass is 144 g/mol. The quantitative estimate of drug-likeness (QED) is 0.562. The maximum atomic E-state index is 5.11. The van der Waals surface area contributed by atoms with Crippen molar-refractivity contribution in [2.45, 2.75) is 0 Å². The van der Waals surface area contributed by atoms with Crippen LogP contribution in [0.15, 0.2) is 18.2 Å². The van der Waals surface area contributed by atoms with Gasteiger partial charge < -0.3 is 0 Å². The molecule has 2 nitrogen and oxygen atoms in total. The van der Waals surface area contributed by atoms with Gasteiger partial charge in [-0.3, -0.25) is 0 Å². The zero-order valence-electron chi connectivity index (χ0n) is 7.05. The first-order valence-corrected chi connectivity index (χ1v) is 3.46. The molecule has 11 heavy (non-hydrogen) atoms. The average molecular weight is 144 g/mol. The van der Waals surface area contributed by atoms with Gasteiger partial charge in [0.2, 0.25) is 0 Å². The summed E-state index contributed by atoms with van der Waals surface area (Å²) < 4.78 is 11.3. The van der Waals surface area contributed by atoms with E-state index in [0.29, 0.717) is 0 Å². The Balaban J connectivity index is 3.02. The summed E-state index contributed by atoms with van der Waals surface area (Å²) in [5, 5.41) is 0. The Kier molecular flexibility index (Phi) is 2.87. The molecule has 0 aliphatic heterocycles. The molecule has 54 valence electrons. The van der Waals surface area contributed by atoms with Crippen molar-refractivity contribution in [1.82, 2.24) is 0 Å². The summed E-state index contributed by atoms with van der Waals surface area (Å²) in [5.74, 6) is 1.69. The van der Waals surface area contributed by atoms with E-state index in [9.17, 15) is 0 Å². The fraction of sp³-hybridized carbons (Fsp3) is 0.250. The Hall–Kier alpha value is -0.583. The van der Waals surface area contributed by atoms with Gasteiger partial charge in [0, 0.05) is 0 Å². The molecule has 1 aromatic rings. The SMILES string of the molecule is [Li][c]1ccc(OC)cc1OC. The summed E-state index contributed by atoms with van der Waals surface area (Å²) in [6.45, 7) is 0. The number of hydrogen-bond acceptors (Lipinski definition) is 2. The molecule has 0 atom stereocenters. The minimum absolute atomic E-state index is 0.826. The first-order chi connectivity index (χ1) is 5.27. The summed E-state index contributed by atoms with van der Waals surface area (Å²) in [6, 6.07) is 5.75. The summed E-state index contributed by atoms with van der Waals surface area (Å²) in [7, 11) is 3.30. The first-order valence-electron chi connectivity index (χ1n) is 3.46. The predicted octanol–water partition coefficient (Wildman–Crippen LogP) is 0.498. The van der Waals surface area contributed by atoms with E-state index in [-0.39, 0.29) is 0 Å². The molecule has 0 aliphatic rings. The Morgan fingerprint density at radius 1 is 1.18 bits per heavy atom. The van der Waals surface area contributed by atoms with E-state index in [1.165, 1.54) is 0 Å². The van der Waals surface area contributed by atoms with Crippen LogP contribution in [-0.4, -0.2) is 31.9 Å². The Bertz CT molecular complexity index is 248. The molecule has 0 aromatic heterocycles. The molecule has 0 fully saturated rings. The molecule has 0 saturated heterocycles. The third-order valence-corrected chi connectivity index (χ3v) is 1.62. The Labute approximate surface area is 75.7 Å². The molecule has 0 heterocycles. The molecule has 3 heteroatoms. The zero-order chi connectivity index (χ0) is 8.27. The number of rotatable bonds is 2. The van der Waals surface area contributed by atoms with Crippen LogP contribution in [0.25, 0.3) is 0 Å². The third kappa shape index (κ3) is 1.92. The maximum absolute atomic E-state index is 5.11. The van der Waals surface area contributed by atoms with Crippen molar-refractivity contribution in [3.8, 4) is 11.5 Å². The van der Waals surface area contributed by atoms with Gasteiger partial charge in [0.05, 0.1) is 0 Å². The molecule has 1 aromatic carbocycles. The molecule has 0 spiro atoms. The van der Waals surface area contributed by atoms with Crippen molar-refractivity contribution in [2.24, 2.45) is 0 Å². The van der Waals surface area contributed by atoms with Crippen LogP contribution in [-0.2, 0) is 0 Å². The summed E-state index contributed by atoms with van der Waals surface area (Å²) >= 11 is 2.00. The number of benzene rings is 1. The van der Waals surface area contributed by atoms with Crippen molar-refractivity contribution in [2.75, 3.05) is 14.2 Å². The van der Waals surface area contributed by atoms with Crippen LogP contribution in [0.4, 0.5) is 0 Å². The number of ether oxygens (including phenoxy) is 2. The van der Waals surface area contributed by atoms with E-state index in [4.69, 9.17) is 9.47 Å². The van der Waals surface area contributed by atoms with Crippen molar-refractivity contribution in [3.05, 3.63) is 18.2 Å². The molecular formula is C8H9LiO2. The minimum atomic E-state index is 0.826. The van der Waals surface area contributed by atoms with Crippen molar-refractivity contribution in [1.29, 1.82) is 0 Å². The van der Waals surface area contributed by atoms with E-state index < -0.39 is 0 Å². The number of hydrogen-bond donors (Lipinski definition) is 0. The van der Waals surface area contributed by atoms with Gasteiger partial charge in [0.1, 0.15) is 0 Å². The molecule has 1 rings (SSSR count). The van der Waals surface area contributed by atoms with Crippen LogP contribution in [0.5, 0.6) is 11.5 Å². The van der Waals surface area contributed by atoms with Gasteiger partial charge in [-0.25, -0.2) is 0 Å². The third-order valence-electron chi connectivity index (χ3n) is 1.62. The second kappa shape index (κ2) is 3.71. The fourth-order valence-corrected chi connectivity index (χ4v) is 0.927. The van der Waals surface area contributed by atoms with E-state index in [2.05, 4.69) is 0 Å². The summed E-state index contributed by atoms with van der Waals surface area (Å²) in [5.41, 5.74) is 0. The second-order valence-electron chi connectivity index (χ2n) is 2.34. The Morgan fingerprint density at radius 2 is 1.91 bits per heavy atom. The standard InChI is InChI=1S/C8H9O2.Li/c1-9-7-4-3-5-8(6-7)10-2;/h3-4,6H,1-2H3;. The summed E-state index contributed by atoms with van der Waals surface area (Å²) in [6.07, 6.45) is 0. The normalized spacial score (nSPS) is 9.45. The predicted molar refractivity (Wildman–Crippen MR) is 44.9 cm³/mol. The summed E-state index contributed by atoms with van der Waals surface area (Å²) in [4.78, 5) is 0. The average Bonchev–Trinajstić information content (AvgIpc) is 2.05. The molecule has 0 N–H and O–H groups in total. The van der Waals surface area contributed by atoms with Gasteiger partial charge in [-0.15, -0.1) is 0 Å². The van der Waals surface area contributed by atoms with E-state index in [1.54, 1.807) is 14.2 Å². The van der Waals surface area contributed by atoms with E-state index in [0.717, 1.165) is 15.7 Å². The van der Waals surface area contributed by atoms with Gasteiger partial charge in [-0.1, -0.05) is 0 Å². The molecule has 0 bridgehead atoms. The van der Waals surface area contributed by atoms with Gasteiger partial charge >= 0.3 is 75.3 Å². The van der Waals surface area contributed by atoms with Crippen LogP contribution in [0.2, 0.25) is 0 Å². The van der Waals surface area contributed by atoms with Gasteiger partial charge in [-0.2, -0.15) is 0 Å². The molecule has 0 saturated carbocycles. The zero-order valence-corrected chi connectivity index (χ0v) is 7.05. The topological polar surface area (TPSA) is 18.5 Å². The van der Waals surface area contributed by atoms with Crippen molar-refractivity contribution in [3.63, 3.8) is 0 Å². The molecule has 0 unspecified atom stereocenters. The van der Waals surface area contributed by atoms with Crippen molar-refractivity contribution >= 4 is 22.0 Å². The van der Waals surface area contributed by atoms with Crippen LogP contribution >= 0.6 is 0 Å². The first kappa shape index (κ1) is 8.51. The van der Waals surface area contributed by atoms with E-state index in [1.807, 2.05) is 35.9 Å². The van der Waals surface area contributed by atoms with E-state index >= 15 is 0 Å². The Morgan fingerprint density at radius 3 is 2.45 bits per heavy atom. The number of methoxy groups -OCH3 is 2. The molecule has 0 aliphatic carbocycles. The second-order valence-corrected chi connectivity index (χ2v) is 2.34. The molecule has 0 amide bonds. The van der Waals surface area contributed by atoms with Crippen LogP contribution in [0, 0.1) is 0 Å². The van der Waals surface area contributed by atoms with Gasteiger partial charge in [0.15, 0.2) is 0 Å². The van der Waals surface area contributed by atoms with Crippen molar-refractivity contribution < 1.29 is 9.47 Å². The van der Waals surface area contributed by atoms with Gasteiger partial charge in [-0.05, 0) is 0 Å². The van der Waals surface area contributed by atoms with Crippen LogP contribution < -0.4 is 13.7 Å². The molecule has 0 radical (unpaired) electrons. The van der Waals surface area contributed by atoms with Gasteiger partial charge in [0.25, 0.3) is 0 Å². The van der Waals surface area contributed by atoms with Crippen LogP contribution in [0.1, 0.15) is 0 Å².